The van der Waals surface area contributed by atoms with E-state index in [-0.39, 0.29) is 5.91 Å². The number of anilines is 1. The molecule has 0 unspecified atom stereocenters. The molecule has 2 heterocycles. The molecule has 5 rings (SSSR count). The molecule has 7 heteroatoms. The number of amides is 1. The number of carbonyl (C=O) groups excluding carboxylic acids is 1. The molecule has 0 aliphatic heterocycles. The molecule has 1 N–H and O–H groups in total. The van der Waals surface area contributed by atoms with E-state index in [1.807, 2.05) is 36.7 Å². The highest BCUT2D eigenvalue weighted by Crippen LogP contribution is 2.28. The quantitative estimate of drug-likeness (QED) is 0.336. The number of halogens is 1. The number of rotatable bonds is 4. The van der Waals surface area contributed by atoms with Gasteiger partial charge in [0.15, 0.2) is 5.65 Å². The van der Waals surface area contributed by atoms with Crippen LogP contribution in [0.25, 0.3) is 27.7 Å². The van der Waals surface area contributed by atoms with Gasteiger partial charge in [-0.1, -0.05) is 48.0 Å². The predicted octanol–water partition coefficient (Wildman–Crippen LogP) is 6.18. The van der Waals surface area contributed by atoms with Crippen LogP contribution in [-0.4, -0.2) is 26.8 Å². The van der Waals surface area contributed by atoms with Gasteiger partial charge in [0.25, 0.3) is 5.91 Å². The monoisotopic (exact) mass is 444 g/mol. The first kappa shape index (κ1) is 19.6. The maximum atomic E-state index is 13.1. The van der Waals surface area contributed by atoms with Crippen molar-refractivity contribution < 1.29 is 4.79 Å². The molecule has 0 fully saturated rings. The SMILES string of the molecule is CSc1nn2ccc(-c3ccc4ccccc4c3)nc2c1C(=O)Nc1ccc(Cl)cc1. The Balaban J connectivity index is 1.58. The van der Waals surface area contributed by atoms with Crippen molar-refractivity contribution in [2.45, 2.75) is 5.03 Å². The highest BCUT2D eigenvalue weighted by molar-refractivity contribution is 7.98. The molecule has 0 saturated heterocycles. The van der Waals surface area contributed by atoms with Crippen molar-refractivity contribution >= 4 is 51.4 Å². The topological polar surface area (TPSA) is 59.3 Å². The van der Waals surface area contributed by atoms with Crippen LogP contribution in [0.5, 0.6) is 0 Å². The lowest BCUT2D eigenvalue weighted by molar-refractivity contribution is 0.102. The molecule has 5 aromatic rings. The molecular formula is C24H17ClN4OS. The molecular weight excluding hydrogens is 428 g/mol. The van der Waals surface area contributed by atoms with Crippen LogP contribution in [0.4, 0.5) is 5.69 Å². The van der Waals surface area contributed by atoms with E-state index in [4.69, 9.17) is 16.6 Å². The van der Waals surface area contributed by atoms with Gasteiger partial charge in [0.2, 0.25) is 0 Å². The lowest BCUT2D eigenvalue weighted by atomic mass is 10.1. The summed E-state index contributed by atoms with van der Waals surface area (Å²) in [7, 11) is 0. The summed E-state index contributed by atoms with van der Waals surface area (Å²) >= 11 is 7.36. The number of fused-ring (bicyclic) bond motifs is 2. The second kappa shape index (κ2) is 8.06. The zero-order valence-electron chi connectivity index (χ0n) is 16.5. The third-order valence-corrected chi connectivity index (χ3v) is 5.95. The molecule has 3 aromatic carbocycles. The van der Waals surface area contributed by atoms with Crippen LogP contribution >= 0.6 is 23.4 Å². The molecule has 152 valence electrons. The molecule has 31 heavy (non-hydrogen) atoms. The summed E-state index contributed by atoms with van der Waals surface area (Å²) in [6.45, 7) is 0. The summed E-state index contributed by atoms with van der Waals surface area (Å²) < 4.78 is 1.65. The summed E-state index contributed by atoms with van der Waals surface area (Å²) in [6, 6.07) is 23.3. The minimum absolute atomic E-state index is 0.259. The number of benzene rings is 3. The van der Waals surface area contributed by atoms with Crippen molar-refractivity contribution in [2.75, 3.05) is 11.6 Å². The second-order valence-electron chi connectivity index (χ2n) is 6.99. The third kappa shape index (κ3) is 3.76. The summed E-state index contributed by atoms with van der Waals surface area (Å²) in [5.74, 6) is -0.259. The summed E-state index contributed by atoms with van der Waals surface area (Å²) in [4.78, 5) is 17.9. The van der Waals surface area contributed by atoms with E-state index in [2.05, 4.69) is 34.7 Å². The minimum Gasteiger partial charge on any atom is -0.322 e. The number of thioether (sulfide) groups is 1. The second-order valence-corrected chi connectivity index (χ2v) is 8.22. The Morgan fingerprint density at radius 2 is 1.77 bits per heavy atom. The Labute approximate surface area is 188 Å². The normalized spacial score (nSPS) is 11.2. The van der Waals surface area contributed by atoms with Crippen molar-refractivity contribution in [1.82, 2.24) is 14.6 Å². The Morgan fingerprint density at radius 1 is 1.00 bits per heavy atom. The molecule has 1 amide bonds. The van der Waals surface area contributed by atoms with E-state index in [1.54, 1.807) is 28.8 Å². The van der Waals surface area contributed by atoms with Gasteiger partial charge >= 0.3 is 0 Å². The lowest BCUT2D eigenvalue weighted by Crippen LogP contribution is -2.13. The minimum atomic E-state index is -0.259. The number of aromatic nitrogens is 3. The average Bonchev–Trinajstić information content (AvgIpc) is 3.18. The Kier molecular flexibility index (Phi) is 5.10. The summed E-state index contributed by atoms with van der Waals surface area (Å²) in [5, 5.41) is 11.0. The first-order chi connectivity index (χ1) is 15.1. The molecule has 5 nitrogen and oxygen atoms in total. The van der Waals surface area contributed by atoms with E-state index in [9.17, 15) is 4.79 Å². The Morgan fingerprint density at radius 3 is 2.55 bits per heavy atom. The molecule has 0 aliphatic carbocycles. The van der Waals surface area contributed by atoms with Gasteiger partial charge in [0, 0.05) is 22.5 Å². The summed E-state index contributed by atoms with van der Waals surface area (Å²) in [6.07, 6.45) is 3.73. The largest absolute Gasteiger partial charge is 0.322 e. The van der Waals surface area contributed by atoms with Crippen molar-refractivity contribution in [1.29, 1.82) is 0 Å². The summed E-state index contributed by atoms with van der Waals surface area (Å²) in [5.41, 5.74) is 3.39. The van der Waals surface area contributed by atoms with Gasteiger partial charge in [-0.3, -0.25) is 4.79 Å². The standard InChI is InChI=1S/C24H17ClN4OS/c1-31-24-21(23(30)26-19-10-8-18(25)9-11-19)22-27-20(12-13-29(22)28-24)17-7-6-15-4-2-3-5-16(15)14-17/h2-14H,1H3,(H,26,30). The molecule has 0 radical (unpaired) electrons. The van der Waals surface area contributed by atoms with Crippen LogP contribution in [0.15, 0.2) is 84.0 Å². The van der Waals surface area contributed by atoms with E-state index in [0.29, 0.717) is 26.9 Å². The van der Waals surface area contributed by atoms with Crippen molar-refractivity contribution in [3.63, 3.8) is 0 Å². The molecule has 0 aliphatic rings. The van der Waals surface area contributed by atoms with Gasteiger partial charge in [-0.15, -0.1) is 11.8 Å². The fourth-order valence-electron chi connectivity index (χ4n) is 3.49. The fourth-order valence-corrected chi connectivity index (χ4v) is 4.17. The van der Waals surface area contributed by atoms with Crippen molar-refractivity contribution in [3.8, 4) is 11.3 Å². The van der Waals surface area contributed by atoms with E-state index in [0.717, 1.165) is 16.6 Å². The first-order valence-corrected chi connectivity index (χ1v) is 11.2. The maximum Gasteiger partial charge on any atom is 0.262 e. The van der Waals surface area contributed by atoms with Crippen LogP contribution < -0.4 is 5.32 Å². The third-order valence-electron chi connectivity index (χ3n) is 5.02. The van der Waals surface area contributed by atoms with E-state index in [1.165, 1.54) is 17.1 Å². The highest BCUT2D eigenvalue weighted by atomic mass is 35.5. The van der Waals surface area contributed by atoms with Gasteiger partial charge in [0.1, 0.15) is 10.6 Å². The molecule has 2 aromatic heterocycles. The van der Waals surface area contributed by atoms with Gasteiger partial charge in [-0.25, -0.2) is 9.50 Å². The van der Waals surface area contributed by atoms with Gasteiger partial charge in [0.05, 0.1) is 5.69 Å². The molecule has 0 atom stereocenters. The number of carbonyl (C=O) groups is 1. The zero-order valence-corrected chi connectivity index (χ0v) is 18.1. The average molecular weight is 445 g/mol. The number of nitrogens with one attached hydrogen (secondary N) is 1. The molecule has 0 saturated carbocycles. The molecule has 0 spiro atoms. The van der Waals surface area contributed by atoms with Crippen LogP contribution in [0.3, 0.4) is 0 Å². The highest BCUT2D eigenvalue weighted by Gasteiger charge is 2.21. The first-order valence-electron chi connectivity index (χ1n) is 9.62. The molecule has 0 bridgehead atoms. The van der Waals surface area contributed by atoms with Crippen LogP contribution in [0, 0.1) is 0 Å². The van der Waals surface area contributed by atoms with Gasteiger partial charge < -0.3 is 5.32 Å². The smallest absolute Gasteiger partial charge is 0.262 e. The Bertz CT molecular complexity index is 1430. The Hall–Kier alpha value is -3.35. The maximum absolute atomic E-state index is 13.1. The van der Waals surface area contributed by atoms with Crippen LogP contribution in [0.2, 0.25) is 5.02 Å². The zero-order chi connectivity index (χ0) is 21.4. The van der Waals surface area contributed by atoms with E-state index >= 15 is 0 Å². The van der Waals surface area contributed by atoms with E-state index < -0.39 is 0 Å². The van der Waals surface area contributed by atoms with Crippen LogP contribution in [0.1, 0.15) is 10.4 Å². The lowest BCUT2D eigenvalue weighted by Gasteiger charge is -2.07. The van der Waals surface area contributed by atoms with Crippen molar-refractivity contribution in [2.24, 2.45) is 0 Å². The number of nitrogens with zero attached hydrogens (tertiary/aromatic N) is 3. The fraction of sp³-hybridized carbons (Fsp3) is 0.0417. The van der Waals surface area contributed by atoms with Gasteiger partial charge in [-0.05, 0) is 53.4 Å². The van der Waals surface area contributed by atoms with Crippen molar-refractivity contribution in [3.05, 3.63) is 89.6 Å². The number of hydrogen-bond donors (Lipinski definition) is 1. The van der Waals surface area contributed by atoms with Gasteiger partial charge in [-0.2, -0.15) is 5.10 Å². The predicted molar refractivity (Wildman–Crippen MR) is 127 cm³/mol. The number of hydrogen-bond acceptors (Lipinski definition) is 4. The van der Waals surface area contributed by atoms with Crippen LogP contribution in [-0.2, 0) is 0 Å².